The van der Waals surface area contributed by atoms with Crippen LogP contribution in [0.4, 0.5) is 0 Å². The van der Waals surface area contributed by atoms with Gasteiger partial charge in [-0.05, 0) is 25.5 Å². The van der Waals surface area contributed by atoms with Gasteiger partial charge < -0.3 is 15.4 Å². The number of aliphatic hydroxyl groups is 1. The molecule has 1 unspecified atom stereocenters. The van der Waals surface area contributed by atoms with Gasteiger partial charge in [0.1, 0.15) is 5.69 Å². The van der Waals surface area contributed by atoms with Crippen LogP contribution in [0.5, 0.6) is 0 Å². The summed E-state index contributed by atoms with van der Waals surface area (Å²) < 4.78 is 0. The Morgan fingerprint density at radius 1 is 1.44 bits per heavy atom. The first-order valence-corrected chi connectivity index (χ1v) is 6.10. The molecule has 0 saturated heterocycles. The van der Waals surface area contributed by atoms with Crippen LogP contribution in [-0.2, 0) is 0 Å². The first-order valence-electron chi connectivity index (χ1n) is 6.10. The van der Waals surface area contributed by atoms with Crippen molar-refractivity contribution in [2.45, 2.75) is 25.9 Å². The summed E-state index contributed by atoms with van der Waals surface area (Å²) in [6, 6.07) is 9.53. The molecule has 1 heterocycles. The van der Waals surface area contributed by atoms with Crippen LogP contribution in [0.1, 0.15) is 30.8 Å². The Morgan fingerprint density at radius 2 is 2.17 bits per heavy atom. The second kappa shape index (κ2) is 4.82. The molecule has 3 N–H and O–H groups in total. The Kier molecular flexibility index (Phi) is 3.39. The van der Waals surface area contributed by atoms with Crippen LogP contribution in [0.25, 0.3) is 10.9 Å². The monoisotopic (exact) mass is 246 g/mol. The fourth-order valence-electron chi connectivity index (χ4n) is 1.69. The van der Waals surface area contributed by atoms with Crippen molar-refractivity contribution in [1.29, 1.82) is 0 Å². The van der Waals surface area contributed by atoms with Crippen molar-refractivity contribution in [1.82, 2.24) is 10.3 Å². The molecule has 4 nitrogen and oxygen atoms in total. The highest BCUT2D eigenvalue weighted by Gasteiger charge is 2.19. The molecular weight excluding hydrogens is 228 g/mol. The number of rotatable bonds is 4. The minimum atomic E-state index is -0.859. The van der Waals surface area contributed by atoms with E-state index in [-0.39, 0.29) is 12.5 Å². The standard InChI is InChI=1S/C14H18N2O2/c1-3-14(2,18)9-15-13(17)12-8-10-6-4-5-7-11(10)16-12/h4-8,16,18H,3,9H2,1-2H3,(H,15,17). The highest BCUT2D eigenvalue weighted by atomic mass is 16.3. The van der Waals surface area contributed by atoms with Gasteiger partial charge in [-0.2, -0.15) is 0 Å². The van der Waals surface area contributed by atoms with E-state index in [4.69, 9.17) is 0 Å². The van der Waals surface area contributed by atoms with Crippen molar-refractivity contribution in [2.24, 2.45) is 0 Å². The molecule has 0 saturated carbocycles. The Morgan fingerprint density at radius 3 is 2.83 bits per heavy atom. The van der Waals surface area contributed by atoms with Gasteiger partial charge in [0, 0.05) is 17.4 Å². The molecule has 1 amide bonds. The molecule has 0 aliphatic rings. The van der Waals surface area contributed by atoms with E-state index in [2.05, 4.69) is 10.3 Å². The van der Waals surface area contributed by atoms with Gasteiger partial charge in [0.25, 0.3) is 5.91 Å². The van der Waals surface area contributed by atoms with E-state index in [1.54, 1.807) is 6.92 Å². The lowest BCUT2D eigenvalue weighted by Crippen LogP contribution is -2.40. The molecule has 0 aliphatic heterocycles. The molecule has 2 aromatic rings. The van der Waals surface area contributed by atoms with Gasteiger partial charge in [-0.1, -0.05) is 25.1 Å². The van der Waals surface area contributed by atoms with E-state index < -0.39 is 5.60 Å². The van der Waals surface area contributed by atoms with Gasteiger partial charge in [0.2, 0.25) is 0 Å². The van der Waals surface area contributed by atoms with E-state index in [0.29, 0.717) is 12.1 Å². The molecule has 0 radical (unpaired) electrons. The van der Waals surface area contributed by atoms with Crippen LogP contribution in [-0.4, -0.2) is 28.1 Å². The van der Waals surface area contributed by atoms with Crippen LogP contribution in [0.3, 0.4) is 0 Å². The summed E-state index contributed by atoms with van der Waals surface area (Å²) in [6.07, 6.45) is 0.597. The summed E-state index contributed by atoms with van der Waals surface area (Å²) in [5, 5.41) is 13.6. The average Bonchev–Trinajstić information content (AvgIpc) is 2.80. The molecular formula is C14H18N2O2. The van der Waals surface area contributed by atoms with Crippen molar-refractivity contribution in [2.75, 3.05) is 6.54 Å². The third-order valence-corrected chi connectivity index (χ3v) is 3.17. The lowest BCUT2D eigenvalue weighted by molar-refractivity contribution is 0.0517. The number of fused-ring (bicyclic) bond motifs is 1. The second-order valence-corrected chi connectivity index (χ2v) is 4.80. The van der Waals surface area contributed by atoms with E-state index in [1.165, 1.54) is 0 Å². The topological polar surface area (TPSA) is 65.1 Å². The molecule has 4 heteroatoms. The number of benzene rings is 1. The largest absolute Gasteiger partial charge is 0.388 e. The molecule has 2 rings (SSSR count). The average molecular weight is 246 g/mol. The summed E-state index contributed by atoms with van der Waals surface area (Å²) in [4.78, 5) is 15.0. The van der Waals surface area contributed by atoms with Gasteiger partial charge in [-0.15, -0.1) is 0 Å². The fourth-order valence-corrected chi connectivity index (χ4v) is 1.69. The maximum absolute atomic E-state index is 11.9. The Balaban J connectivity index is 2.09. The summed E-state index contributed by atoms with van der Waals surface area (Å²) in [7, 11) is 0. The lowest BCUT2D eigenvalue weighted by Gasteiger charge is -2.21. The van der Waals surface area contributed by atoms with Gasteiger partial charge in [-0.25, -0.2) is 0 Å². The zero-order valence-electron chi connectivity index (χ0n) is 10.7. The third kappa shape index (κ3) is 2.71. The summed E-state index contributed by atoms with van der Waals surface area (Å²) in [5.74, 6) is -0.195. The number of aromatic amines is 1. The van der Waals surface area contributed by atoms with Crippen LogP contribution in [0.2, 0.25) is 0 Å². The summed E-state index contributed by atoms with van der Waals surface area (Å²) >= 11 is 0. The minimum absolute atomic E-state index is 0.195. The van der Waals surface area contributed by atoms with Crippen LogP contribution >= 0.6 is 0 Å². The van der Waals surface area contributed by atoms with Crippen molar-refractivity contribution in [3.8, 4) is 0 Å². The Labute approximate surface area is 106 Å². The number of H-pyrrole nitrogens is 1. The van der Waals surface area contributed by atoms with E-state index in [9.17, 15) is 9.90 Å². The van der Waals surface area contributed by atoms with Gasteiger partial charge in [-0.3, -0.25) is 4.79 Å². The van der Waals surface area contributed by atoms with Gasteiger partial charge in [0.05, 0.1) is 5.60 Å². The minimum Gasteiger partial charge on any atom is -0.388 e. The second-order valence-electron chi connectivity index (χ2n) is 4.80. The molecule has 1 atom stereocenters. The molecule has 0 aliphatic carbocycles. The van der Waals surface area contributed by atoms with Crippen LogP contribution in [0.15, 0.2) is 30.3 Å². The zero-order chi connectivity index (χ0) is 13.2. The smallest absolute Gasteiger partial charge is 0.267 e. The maximum atomic E-state index is 11.9. The number of hydrogen-bond donors (Lipinski definition) is 3. The van der Waals surface area contributed by atoms with Crippen LogP contribution in [0, 0.1) is 0 Å². The zero-order valence-corrected chi connectivity index (χ0v) is 10.7. The number of nitrogens with one attached hydrogen (secondary N) is 2. The van der Waals surface area contributed by atoms with Gasteiger partial charge >= 0.3 is 0 Å². The Hall–Kier alpha value is -1.81. The first-order chi connectivity index (χ1) is 8.52. The maximum Gasteiger partial charge on any atom is 0.267 e. The molecule has 1 aromatic heterocycles. The van der Waals surface area contributed by atoms with E-state index >= 15 is 0 Å². The van der Waals surface area contributed by atoms with Crippen LogP contribution < -0.4 is 5.32 Å². The molecule has 96 valence electrons. The lowest BCUT2D eigenvalue weighted by atomic mass is 10.0. The predicted octanol–water partition coefficient (Wildman–Crippen LogP) is 2.06. The quantitative estimate of drug-likeness (QED) is 0.773. The van der Waals surface area contributed by atoms with Crippen molar-refractivity contribution in [3.63, 3.8) is 0 Å². The molecule has 0 fully saturated rings. The molecule has 0 bridgehead atoms. The summed E-state index contributed by atoms with van der Waals surface area (Å²) in [5.41, 5.74) is 0.592. The van der Waals surface area contributed by atoms with Crippen molar-refractivity contribution in [3.05, 3.63) is 36.0 Å². The normalized spacial score (nSPS) is 14.4. The highest BCUT2D eigenvalue weighted by molar-refractivity contribution is 5.97. The summed E-state index contributed by atoms with van der Waals surface area (Å²) in [6.45, 7) is 3.84. The van der Waals surface area contributed by atoms with Gasteiger partial charge in [0.15, 0.2) is 0 Å². The molecule has 0 spiro atoms. The SMILES string of the molecule is CCC(C)(O)CNC(=O)c1cc2ccccc2[nH]1. The number of hydrogen-bond acceptors (Lipinski definition) is 2. The fraction of sp³-hybridized carbons (Fsp3) is 0.357. The number of carbonyl (C=O) groups is 1. The number of para-hydroxylation sites is 1. The van der Waals surface area contributed by atoms with Crippen molar-refractivity contribution >= 4 is 16.8 Å². The predicted molar refractivity (Wildman–Crippen MR) is 71.5 cm³/mol. The molecule has 18 heavy (non-hydrogen) atoms. The first kappa shape index (κ1) is 12.6. The van der Waals surface area contributed by atoms with E-state index in [1.807, 2.05) is 37.3 Å². The number of aromatic nitrogens is 1. The highest BCUT2D eigenvalue weighted by Crippen LogP contribution is 2.14. The number of amides is 1. The number of carbonyl (C=O) groups excluding carboxylic acids is 1. The Bertz CT molecular complexity index is 525. The van der Waals surface area contributed by atoms with E-state index in [0.717, 1.165) is 10.9 Å². The molecule has 1 aromatic carbocycles. The third-order valence-electron chi connectivity index (χ3n) is 3.17. The van der Waals surface area contributed by atoms with Crippen molar-refractivity contribution < 1.29 is 9.90 Å².